The largest absolute Gasteiger partial charge is 0.347 e. The van der Waals surface area contributed by atoms with Crippen molar-refractivity contribution in [3.8, 4) is 0 Å². The quantitative estimate of drug-likeness (QED) is 0.902. The van der Waals surface area contributed by atoms with Gasteiger partial charge in [0.1, 0.15) is 5.82 Å². The number of carbonyl (C=O) groups excluding carboxylic acids is 1. The molecule has 1 aliphatic rings. The number of hydrogen-bond donors (Lipinski definition) is 1. The number of nitrogens with zero attached hydrogens (tertiary/aromatic N) is 3. The number of pyridine rings is 1. The highest BCUT2D eigenvalue weighted by molar-refractivity contribution is 5.94. The second-order valence-corrected chi connectivity index (χ2v) is 5.35. The highest BCUT2D eigenvalue weighted by Crippen LogP contribution is 2.15. The third kappa shape index (κ3) is 2.57. The van der Waals surface area contributed by atoms with Crippen molar-refractivity contribution < 1.29 is 4.79 Å². The summed E-state index contributed by atoms with van der Waals surface area (Å²) in [6, 6.07) is 3.82. The lowest BCUT2D eigenvalue weighted by Crippen LogP contribution is -2.40. The fourth-order valence-electron chi connectivity index (χ4n) is 2.57. The Balaban J connectivity index is 1.67. The average Bonchev–Trinajstić information content (AvgIpc) is 2.78. The van der Waals surface area contributed by atoms with E-state index >= 15 is 0 Å². The van der Waals surface area contributed by atoms with Crippen molar-refractivity contribution >= 4 is 5.91 Å². The second-order valence-electron chi connectivity index (χ2n) is 5.35. The van der Waals surface area contributed by atoms with E-state index in [0.29, 0.717) is 5.56 Å². The molecule has 3 heterocycles. The minimum atomic E-state index is -0.0530. The molecule has 2 aromatic heterocycles. The van der Waals surface area contributed by atoms with Crippen LogP contribution in [0.3, 0.4) is 0 Å². The maximum Gasteiger partial charge on any atom is 0.253 e. The predicted molar refractivity (Wildman–Crippen MR) is 75.5 cm³/mol. The molecule has 3 rings (SSSR count). The fraction of sp³-hybridized carbons (Fsp3) is 0.400. The van der Waals surface area contributed by atoms with E-state index in [-0.39, 0.29) is 11.9 Å². The normalized spacial score (nSPS) is 17.6. The fourth-order valence-corrected chi connectivity index (χ4v) is 2.57. The summed E-state index contributed by atoms with van der Waals surface area (Å²) in [5, 5.41) is 3.08. The molecule has 0 unspecified atom stereocenters. The molecule has 0 radical (unpaired) electrons. The topological polar surface area (TPSA) is 59.8 Å². The summed E-state index contributed by atoms with van der Waals surface area (Å²) in [6.45, 7) is 4.70. The molecule has 2 aromatic rings. The number of aryl methyl sites for hydroxylation is 3. The zero-order chi connectivity index (χ0) is 14.1. The minimum Gasteiger partial charge on any atom is -0.347 e. The second kappa shape index (κ2) is 5.07. The van der Waals surface area contributed by atoms with Gasteiger partial charge in [-0.05, 0) is 32.4 Å². The molecular weight excluding hydrogens is 252 g/mol. The van der Waals surface area contributed by atoms with Crippen LogP contribution in [0.15, 0.2) is 24.5 Å². The molecule has 0 aliphatic carbocycles. The zero-order valence-corrected chi connectivity index (χ0v) is 11.8. The molecule has 0 fully saturated rings. The molecule has 1 N–H and O–H groups in total. The smallest absolute Gasteiger partial charge is 0.253 e. The summed E-state index contributed by atoms with van der Waals surface area (Å²) in [5.41, 5.74) is 2.57. The SMILES string of the molecule is Cc1ccc(C(=O)N[C@@H]2CCc3nc(C)cn3C2)cn1. The first kappa shape index (κ1) is 12.8. The van der Waals surface area contributed by atoms with Gasteiger partial charge in [-0.25, -0.2) is 4.98 Å². The van der Waals surface area contributed by atoms with Crippen molar-refractivity contribution in [3.05, 3.63) is 47.3 Å². The van der Waals surface area contributed by atoms with Crippen LogP contribution < -0.4 is 5.32 Å². The summed E-state index contributed by atoms with van der Waals surface area (Å²) in [4.78, 5) is 20.8. The van der Waals surface area contributed by atoms with Crippen LogP contribution in [0.1, 0.15) is 34.0 Å². The Kier molecular flexibility index (Phi) is 3.26. The highest BCUT2D eigenvalue weighted by atomic mass is 16.1. The number of nitrogens with one attached hydrogen (secondary N) is 1. The molecular formula is C15H18N4O. The van der Waals surface area contributed by atoms with E-state index in [1.54, 1.807) is 6.20 Å². The van der Waals surface area contributed by atoms with E-state index in [2.05, 4.69) is 19.9 Å². The Labute approximate surface area is 118 Å². The van der Waals surface area contributed by atoms with Crippen LogP contribution in [-0.4, -0.2) is 26.5 Å². The summed E-state index contributed by atoms with van der Waals surface area (Å²) in [7, 11) is 0. The van der Waals surface area contributed by atoms with Gasteiger partial charge in [0, 0.05) is 37.1 Å². The maximum atomic E-state index is 12.2. The van der Waals surface area contributed by atoms with Crippen molar-refractivity contribution in [1.29, 1.82) is 0 Å². The van der Waals surface area contributed by atoms with Crippen LogP contribution in [0.2, 0.25) is 0 Å². The van der Waals surface area contributed by atoms with Crippen molar-refractivity contribution in [2.75, 3.05) is 0 Å². The van der Waals surface area contributed by atoms with Crippen LogP contribution in [-0.2, 0) is 13.0 Å². The van der Waals surface area contributed by atoms with Crippen LogP contribution in [0.4, 0.5) is 0 Å². The average molecular weight is 270 g/mol. The molecule has 1 amide bonds. The first-order chi connectivity index (χ1) is 9.61. The molecule has 0 saturated heterocycles. The molecule has 0 bridgehead atoms. The first-order valence-electron chi connectivity index (χ1n) is 6.88. The van der Waals surface area contributed by atoms with Gasteiger partial charge in [-0.2, -0.15) is 0 Å². The number of aromatic nitrogens is 3. The lowest BCUT2D eigenvalue weighted by atomic mass is 10.1. The van der Waals surface area contributed by atoms with E-state index in [4.69, 9.17) is 0 Å². The Morgan fingerprint density at radius 1 is 1.35 bits per heavy atom. The standard InChI is InChI=1S/C15H18N4O/c1-10-3-4-12(7-16-10)15(20)18-13-5-6-14-17-11(2)8-19(14)9-13/h3-4,7-8,13H,5-6,9H2,1-2H3,(H,18,20)/t13-/m1/s1. The molecule has 1 atom stereocenters. The number of imidazole rings is 1. The number of hydrogen-bond acceptors (Lipinski definition) is 3. The Bertz CT molecular complexity index is 630. The summed E-state index contributed by atoms with van der Waals surface area (Å²) in [5.74, 6) is 1.06. The van der Waals surface area contributed by atoms with Crippen LogP contribution in [0.25, 0.3) is 0 Å². The Hall–Kier alpha value is -2.17. The van der Waals surface area contributed by atoms with Gasteiger partial charge in [-0.15, -0.1) is 0 Å². The molecule has 104 valence electrons. The molecule has 5 nitrogen and oxygen atoms in total. The molecule has 1 aliphatic heterocycles. The first-order valence-corrected chi connectivity index (χ1v) is 6.88. The minimum absolute atomic E-state index is 0.0530. The number of fused-ring (bicyclic) bond motifs is 1. The van der Waals surface area contributed by atoms with Crippen LogP contribution in [0, 0.1) is 13.8 Å². The highest BCUT2D eigenvalue weighted by Gasteiger charge is 2.21. The molecule has 20 heavy (non-hydrogen) atoms. The van der Waals surface area contributed by atoms with Gasteiger partial charge in [-0.1, -0.05) is 0 Å². The number of carbonyl (C=O) groups is 1. The van der Waals surface area contributed by atoms with Crippen LogP contribution >= 0.6 is 0 Å². The van der Waals surface area contributed by atoms with Gasteiger partial charge in [0.25, 0.3) is 5.91 Å². The van der Waals surface area contributed by atoms with E-state index in [9.17, 15) is 4.79 Å². The maximum absolute atomic E-state index is 12.2. The van der Waals surface area contributed by atoms with Crippen molar-refractivity contribution in [3.63, 3.8) is 0 Å². The van der Waals surface area contributed by atoms with E-state index in [1.165, 1.54) is 0 Å². The summed E-state index contributed by atoms with van der Waals surface area (Å²) < 4.78 is 2.14. The lowest BCUT2D eigenvalue weighted by Gasteiger charge is -2.24. The van der Waals surface area contributed by atoms with Gasteiger partial charge < -0.3 is 9.88 Å². The monoisotopic (exact) mass is 270 g/mol. The molecule has 0 spiro atoms. The number of rotatable bonds is 2. The van der Waals surface area contributed by atoms with E-state index < -0.39 is 0 Å². The van der Waals surface area contributed by atoms with E-state index in [1.807, 2.05) is 32.2 Å². The number of amides is 1. The van der Waals surface area contributed by atoms with Gasteiger partial charge in [-0.3, -0.25) is 9.78 Å². The lowest BCUT2D eigenvalue weighted by molar-refractivity contribution is 0.0927. The predicted octanol–water partition coefficient (Wildman–Crippen LogP) is 1.64. The molecule has 0 saturated carbocycles. The molecule has 5 heteroatoms. The van der Waals surface area contributed by atoms with Crippen LogP contribution in [0.5, 0.6) is 0 Å². The summed E-state index contributed by atoms with van der Waals surface area (Å²) in [6.07, 6.45) is 5.51. The zero-order valence-electron chi connectivity index (χ0n) is 11.8. The molecule has 0 aromatic carbocycles. The summed E-state index contributed by atoms with van der Waals surface area (Å²) >= 11 is 0. The van der Waals surface area contributed by atoms with Gasteiger partial charge in [0.2, 0.25) is 0 Å². The van der Waals surface area contributed by atoms with Crippen molar-refractivity contribution in [2.24, 2.45) is 0 Å². The van der Waals surface area contributed by atoms with Gasteiger partial charge in [0.15, 0.2) is 0 Å². The Morgan fingerprint density at radius 3 is 2.95 bits per heavy atom. The van der Waals surface area contributed by atoms with Crippen molar-refractivity contribution in [1.82, 2.24) is 19.9 Å². The third-order valence-corrected chi connectivity index (χ3v) is 3.62. The van der Waals surface area contributed by atoms with Crippen molar-refractivity contribution in [2.45, 2.75) is 39.3 Å². The van der Waals surface area contributed by atoms with Gasteiger partial charge in [0.05, 0.1) is 11.3 Å². The Morgan fingerprint density at radius 2 is 2.20 bits per heavy atom. The van der Waals surface area contributed by atoms with E-state index in [0.717, 1.165) is 36.6 Å². The van der Waals surface area contributed by atoms with Gasteiger partial charge >= 0.3 is 0 Å². The third-order valence-electron chi connectivity index (χ3n) is 3.62.